The van der Waals surface area contributed by atoms with Crippen molar-refractivity contribution in [3.8, 4) is 0 Å². The molecule has 1 aliphatic carbocycles. The normalized spacial score (nSPS) is 14.7. The number of hydrogen-bond acceptors (Lipinski definition) is 4. The first-order valence-corrected chi connectivity index (χ1v) is 8.13. The second-order valence-electron chi connectivity index (χ2n) is 4.81. The molecule has 1 fully saturated rings. The van der Waals surface area contributed by atoms with Crippen molar-refractivity contribution in [2.24, 2.45) is 5.73 Å². The number of aromatic amines is 1. The van der Waals surface area contributed by atoms with Gasteiger partial charge in [-0.05, 0) is 61.3 Å². The number of nitrogens with zero attached hydrogens (tertiary/aromatic N) is 2. The first kappa shape index (κ1) is 13.9. The van der Waals surface area contributed by atoms with Gasteiger partial charge in [0.25, 0.3) is 0 Å². The lowest BCUT2D eigenvalue weighted by Gasteiger charge is -2.09. The van der Waals surface area contributed by atoms with Gasteiger partial charge in [0.2, 0.25) is 0 Å². The van der Waals surface area contributed by atoms with E-state index in [1.807, 2.05) is 12.1 Å². The Morgan fingerprint density at radius 3 is 3.00 bits per heavy atom. The Hall–Kier alpha value is -1.05. The number of aromatic nitrogens is 3. The average molecular weight is 355 g/mol. The SMILES string of the molecule is NCCc1cc(Br)ccc1Sc1n[nH]c(=O)n1C1CC1. The van der Waals surface area contributed by atoms with Gasteiger partial charge in [-0.25, -0.2) is 9.89 Å². The van der Waals surface area contributed by atoms with Gasteiger partial charge < -0.3 is 5.73 Å². The third kappa shape index (κ3) is 2.84. The van der Waals surface area contributed by atoms with Crippen LogP contribution in [0.25, 0.3) is 0 Å². The molecule has 0 amide bonds. The summed E-state index contributed by atoms with van der Waals surface area (Å²) in [5, 5.41) is 7.42. The van der Waals surface area contributed by atoms with Crippen molar-refractivity contribution in [1.82, 2.24) is 14.8 Å². The summed E-state index contributed by atoms with van der Waals surface area (Å²) in [5.41, 5.74) is 6.72. The number of benzene rings is 1. The highest BCUT2D eigenvalue weighted by Crippen LogP contribution is 2.38. The molecular formula is C13H15BrN4OS. The van der Waals surface area contributed by atoms with E-state index in [2.05, 4.69) is 32.2 Å². The third-order valence-corrected chi connectivity index (χ3v) is 4.80. The Bertz CT molecular complexity index is 677. The molecule has 1 saturated carbocycles. The van der Waals surface area contributed by atoms with Crippen molar-refractivity contribution in [3.05, 3.63) is 38.7 Å². The zero-order chi connectivity index (χ0) is 14.1. The first-order valence-electron chi connectivity index (χ1n) is 6.52. The molecule has 7 heteroatoms. The van der Waals surface area contributed by atoms with E-state index in [9.17, 15) is 4.79 Å². The molecule has 1 aromatic heterocycles. The monoisotopic (exact) mass is 354 g/mol. The van der Waals surface area contributed by atoms with Gasteiger partial charge in [0.15, 0.2) is 5.16 Å². The van der Waals surface area contributed by atoms with Crippen LogP contribution < -0.4 is 11.4 Å². The van der Waals surface area contributed by atoms with E-state index in [4.69, 9.17) is 5.73 Å². The number of halogens is 1. The zero-order valence-corrected chi connectivity index (χ0v) is 13.2. The molecule has 5 nitrogen and oxygen atoms in total. The Morgan fingerprint density at radius 2 is 2.30 bits per heavy atom. The van der Waals surface area contributed by atoms with Crippen molar-refractivity contribution in [2.75, 3.05) is 6.54 Å². The van der Waals surface area contributed by atoms with Crippen LogP contribution in [0.4, 0.5) is 0 Å². The Kier molecular flexibility index (Phi) is 4.00. The average Bonchev–Trinajstić information content (AvgIpc) is 3.18. The molecule has 0 spiro atoms. The predicted molar refractivity (Wildman–Crippen MR) is 82.1 cm³/mol. The largest absolute Gasteiger partial charge is 0.344 e. The van der Waals surface area contributed by atoms with Crippen LogP contribution in [0.3, 0.4) is 0 Å². The fraction of sp³-hybridized carbons (Fsp3) is 0.385. The van der Waals surface area contributed by atoms with Gasteiger partial charge in [-0.15, -0.1) is 5.10 Å². The molecule has 3 N–H and O–H groups in total. The van der Waals surface area contributed by atoms with Crippen LogP contribution in [0.15, 0.2) is 37.5 Å². The number of nitrogens with one attached hydrogen (secondary N) is 1. The van der Waals surface area contributed by atoms with Crippen LogP contribution in [0.1, 0.15) is 24.4 Å². The van der Waals surface area contributed by atoms with E-state index in [1.54, 1.807) is 4.57 Å². The van der Waals surface area contributed by atoms with Gasteiger partial charge in [0, 0.05) is 15.4 Å². The molecule has 0 radical (unpaired) electrons. The van der Waals surface area contributed by atoms with Crippen LogP contribution in [-0.2, 0) is 6.42 Å². The Morgan fingerprint density at radius 1 is 1.50 bits per heavy atom. The van der Waals surface area contributed by atoms with Gasteiger partial charge in [0.05, 0.1) is 0 Å². The molecule has 0 unspecified atom stereocenters. The summed E-state index contributed by atoms with van der Waals surface area (Å²) in [6, 6.07) is 6.42. The first-order chi connectivity index (χ1) is 9.69. The molecule has 106 valence electrons. The van der Waals surface area contributed by atoms with E-state index in [0.29, 0.717) is 12.6 Å². The maximum absolute atomic E-state index is 11.8. The highest BCUT2D eigenvalue weighted by molar-refractivity contribution is 9.10. The molecule has 3 rings (SSSR count). The van der Waals surface area contributed by atoms with Gasteiger partial charge in [-0.1, -0.05) is 15.9 Å². The second kappa shape index (κ2) is 5.75. The summed E-state index contributed by atoms with van der Waals surface area (Å²) in [6.45, 7) is 0.597. The predicted octanol–water partition coefficient (Wildman–Crippen LogP) is 2.32. The number of hydrogen-bond donors (Lipinski definition) is 2. The molecule has 1 aromatic carbocycles. The standard InChI is InChI=1S/C13H15BrN4OS/c14-9-1-4-11(8(7-9)5-6-15)20-13-17-16-12(19)18(13)10-2-3-10/h1,4,7,10H,2-3,5-6,15H2,(H,16,19). The molecule has 0 bridgehead atoms. The summed E-state index contributed by atoms with van der Waals surface area (Å²) >= 11 is 5.00. The van der Waals surface area contributed by atoms with Gasteiger partial charge in [-0.3, -0.25) is 4.57 Å². The fourth-order valence-corrected chi connectivity index (χ4v) is 3.57. The lowest BCUT2D eigenvalue weighted by Crippen LogP contribution is -2.16. The van der Waals surface area contributed by atoms with Gasteiger partial charge >= 0.3 is 5.69 Å². The topological polar surface area (TPSA) is 76.7 Å². The fourth-order valence-electron chi connectivity index (χ4n) is 2.11. The van der Waals surface area contributed by atoms with Crippen LogP contribution in [0, 0.1) is 0 Å². The smallest absolute Gasteiger partial charge is 0.330 e. The van der Waals surface area contributed by atoms with Crippen molar-refractivity contribution < 1.29 is 0 Å². The molecule has 0 atom stereocenters. The summed E-state index contributed by atoms with van der Waals surface area (Å²) in [6.07, 6.45) is 2.92. The zero-order valence-electron chi connectivity index (χ0n) is 10.8. The van der Waals surface area contributed by atoms with Crippen molar-refractivity contribution in [3.63, 3.8) is 0 Å². The van der Waals surface area contributed by atoms with Crippen LogP contribution >= 0.6 is 27.7 Å². The highest BCUT2D eigenvalue weighted by Gasteiger charge is 2.28. The molecule has 2 aromatic rings. The van der Waals surface area contributed by atoms with E-state index in [-0.39, 0.29) is 5.69 Å². The molecule has 1 heterocycles. The Balaban J connectivity index is 1.93. The minimum atomic E-state index is -0.118. The van der Waals surface area contributed by atoms with Crippen LogP contribution in [-0.4, -0.2) is 21.3 Å². The number of rotatable bonds is 5. The molecule has 20 heavy (non-hydrogen) atoms. The number of H-pyrrole nitrogens is 1. The van der Waals surface area contributed by atoms with Crippen molar-refractivity contribution >= 4 is 27.7 Å². The molecule has 0 saturated heterocycles. The lowest BCUT2D eigenvalue weighted by molar-refractivity contribution is 0.642. The molecule has 0 aliphatic heterocycles. The van der Waals surface area contributed by atoms with Crippen molar-refractivity contribution in [2.45, 2.75) is 35.4 Å². The van der Waals surface area contributed by atoms with Gasteiger partial charge in [-0.2, -0.15) is 0 Å². The maximum Gasteiger partial charge on any atom is 0.344 e. The minimum absolute atomic E-state index is 0.118. The molecular weight excluding hydrogens is 340 g/mol. The second-order valence-corrected chi connectivity index (χ2v) is 6.73. The maximum atomic E-state index is 11.8. The highest BCUT2D eigenvalue weighted by atomic mass is 79.9. The summed E-state index contributed by atoms with van der Waals surface area (Å²) in [7, 11) is 0. The Labute approximate surface area is 129 Å². The summed E-state index contributed by atoms with van der Waals surface area (Å²) < 4.78 is 2.80. The lowest BCUT2D eigenvalue weighted by atomic mass is 10.1. The third-order valence-electron chi connectivity index (χ3n) is 3.22. The van der Waals surface area contributed by atoms with E-state index in [1.165, 1.54) is 17.3 Å². The van der Waals surface area contributed by atoms with Gasteiger partial charge in [0.1, 0.15) is 0 Å². The number of nitrogens with two attached hydrogens (primary N) is 1. The van der Waals surface area contributed by atoms with Crippen molar-refractivity contribution in [1.29, 1.82) is 0 Å². The minimum Gasteiger partial charge on any atom is -0.330 e. The summed E-state index contributed by atoms with van der Waals surface area (Å²) in [5.74, 6) is 0. The van der Waals surface area contributed by atoms with Crippen LogP contribution in [0.5, 0.6) is 0 Å². The van der Waals surface area contributed by atoms with E-state index in [0.717, 1.165) is 33.8 Å². The molecule has 1 aliphatic rings. The van der Waals surface area contributed by atoms with Crippen LogP contribution in [0.2, 0.25) is 0 Å². The van der Waals surface area contributed by atoms with E-state index >= 15 is 0 Å². The quantitative estimate of drug-likeness (QED) is 0.863. The summed E-state index contributed by atoms with van der Waals surface area (Å²) in [4.78, 5) is 12.9. The van der Waals surface area contributed by atoms with E-state index < -0.39 is 0 Å².